The van der Waals surface area contributed by atoms with Gasteiger partial charge in [0.25, 0.3) is 0 Å². The predicted molar refractivity (Wildman–Crippen MR) is 78.4 cm³/mol. The van der Waals surface area contributed by atoms with E-state index in [9.17, 15) is 8.42 Å². The Labute approximate surface area is 123 Å². The number of rotatable bonds is 5. The van der Waals surface area contributed by atoms with Gasteiger partial charge in [0.05, 0.1) is 17.4 Å². The van der Waals surface area contributed by atoms with Crippen LogP contribution in [0.2, 0.25) is 5.02 Å². The molecule has 0 saturated carbocycles. The highest BCUT2D eigenvalue weighted by molar-refractivity contribution is 7.89. The van der Waals surface area contributed by atoms with Crippen LogP contribution in [0.25, 0.3) is 0 Å². The van der Waals surface area contributed by atoms with Gasteiger partial charge in [-0.15, -0.1) is 0 Å². The molecule has 1 aromatic heterocycles. The van der Waals surface area contributed by atoms with Gasteiger partial charge in [-0.2, -0.15) is 0 Å². The first-order valence-corrected chi connectivity index (χ1v) is 8.05. The molecule has 4 nitrogen and oxygen atoms in total. The fraction of sp³-hybridized carbons (Fsp3) is 0.286. The molecule has 0 amide bonds. The van der Waals surface area contributed by atoms with Crippen LogP contribution in [0.1, 0.15) is 18.1 Å². The summed E-state index contributed by atoms with van der Waals surface area (Å²) in [5.41, 5.74) is 1.50. The zero-order valence-electron chi connectivity index (χ0n) is 11.3. The summed E-state index contributed by atoms with van der Waals surface area (Å²) >= 11 is 5.97. The van der Waals surface area contributed by atoms with Gasteiger partial charge in [-0.25, -0.2) is 13.1 Å². The molecular weight excluding hydrogens is 298 g/mol. The second-order valence-electron chi connectivity index (χ2n) is 4.72. The van der Waals surface area contributed by atoms with Crippen molar-refractivity contribution in [1.82, 2.24) is 4.72 Å². The van der Waals surface area contributed by atoms with E-state index in [1.807, 2.05) is 13.0 Å². The maximum absolute atomic E-state index is 12.4. The Balaban J connectivity index is 2.16. The van der Waals surface area contributed by atoms with E-state index in [4.69, 9.17) is 16.0 Å². The fourth-order valence-corrected chi connectivity index (χ4v) is 3.75. The average molecular weight is 314 g/mol. The second kappa shape index (κ2) is 5.99. The molecule has 0 bridgehead atoms. The van der Waals surface area contributed by atoms with Crippen molar-refractivity contribution in [3.05, 3.63) is 52.9 Å². The lowest BCUT2D eigenvalue weighted by Gasteiger charge is -2.15. The van der Waals surface area contributed by atoms with Crippen molar-refractivity contribution in [2.75, 3.05) is 0 Å². The summed E-state index contributed by atoms with van der Waals surface area (Å²) in [5.74, 6) is 0. The molecule has 1 heterocycles. The van der Waals surface area contributed by atoms with Crippen molar-refractivity contribution in [3.63, 3.8) is 0 Å². The number of nitrogens with one attached hydrogen (secondary N) is 1. The summed E-state index contributed by atoms with van der Waals surface area (Å²) in [7, 11) is -3.58. The fourth-order valence-electron chi connectivity index (χ4n) is 2.01. The SMILES string of the molecule is Cc1c(Cl)cccc1S(=O)(=O)NC(C)Cc1ccoc1. The molecule has 0 saturated heterocycles. The minimum Gasteiger partial charge on any atom is -0.472 e. The maximum atomic E-state index is 12.4. The zero-order chi connectivity index (χ0) is 14.8. The van der Waals surface area contributed by atoms with E-state index in [0.29, 0.717) is 17.0 Å². The van der Waals surface area contributed by atoms with Crippen LogP contribution >= 0.6 is 11.6 Å². The van der Waals surface area contributed by atoms with Gasteiger partial charge in [0.2, 0.25) is 10.0 Å². The summed E-state index contributed by atoms with van der Waals surface area (Å²) in [6.45, 7) is 3.50. The number of benzene rings is 1. The molecule has 0 radical (unpaired) electrons. The lowest BCUT2D eigenvalue weighted by Crippen LogP contribution is -2.34. The number of hydrogen-bond donors (Lipinski definition) is 1. The number of sulfonamides is 1. The topological polar surface area (TPSA) is 59.3 Å². The van der Waals surface area contributed by atoms with E-state index in [1.54, 1.807) is 37.6 Å². The molecule has 20 heavy (non-hydrogen) atoms. The Bertz CT molecular complexity index is 680. The number of furan rings is 1. The molecule has 0 aliphatic carbocycles. The highest BCUT2D eigenvalue weighted by atomic mass is 35.5. The second-order valence-corrected chi connectivity index (χ2v) is 6.81. The molecule has 0 aliphatic heterocycles. The number of hydrogen-bond acceptors (Lipinski definition) is 3. The predicted octanol–water partition coefficient (Wildman–Crippen LogP) is 3.15. The lowest BCUT2D eigenvalue weighted by atomic mass is 10.1. The molecular formula is C14H16ClNO3S. The summed E-state index contributed by atoms with van der Waals surface area (Å²) in [5, 5.41) is 0.440. The van der Waals surface area contributed by atoms with Gasteiger partial charge in [-0.3, -0.25) is 0 Å². The van der Waals surface area contributed by atoms with Crippen molar-refractivity contribution in [1.29, 1.82) is 0 Å². The summed E-state index contributed by atoms with van der Waals surface area (Å²) in [4.78, 5) is 0.212. The van der Waals surface area contributed by atoms with E-state index in [-0.39, 0.29) is 10.9 Å². The molecule has 2 rings (SSSR count). The third kappa shape index (κ3) is 3.42. The normalized spacial score (nSPS) is 13.3. The first-order chi connectivity index (χ1) is 9.40. The van der Waals surface area contributed by atoms with Crippen LogP contribution in [0.4, 0.5) is 0 Å². The first-order valence-electron chi connectivity index (χ1n) is 6.18. The highest BCUT2D eigenvalue weighted by Crippen LogP contribution is 2.23. The van der Waals surface area contributed by atoms with Crippen LogP contribution in [-0.2, 0) is 16.4 Å². The van der Waals surface area contributed by atoms with Gasteiger partial charge in [0, 0.05) is 11.1 Å². The van der Waals surface area contributed by atoms with Crippen LogP contribution in [0, 0.1) is 6.92 Å². The van der Waals surface area contributed by atoms with Crippen LogP contribution < -0.4 is 4.72 Å². The van der Waals surface area contributed by atoms with E-state index in [1.165, 1.54) is 0 Å². The van der Waals surface area contributed by atoms with E-state index in [2.05, 4.69) is 4.72 Å². The van der Waals surface area contributed by atoms with Crippen molar-refractivity contribution >= 4 is 21.6 Å². The Morgan fingerprint density at radius 1 is 1.35 bits per heavy atom. The van der Waals surface area contributed by atoms with Crippen molar-refractivity contribution in [2.24, 2.45) is 0 Å². The van der Waals surface area contributed by atoms with Crippen LogP contribution in [-0.4, -0.2) is 14.5 Å². The Hall–Kier alpha value is -1.30. The minimum absolute atomic E-state index is 0.212. The molecule has 108 valence electrons. The number of halogens is 1. The van der Waals surface area contributed by atoms with Gasteiger partial charge < -0.3 is 4.42 Å². The molecule has 1 atom stereocenters. The van der Waals surface area contributed by atoms with Crippen LogP contribution in [0.15, 0.2) is 46.1 Å². The average Bonchev–Trinajstić information content (AvgIpc) is 2.84. The largest absolute Gasteiger partial charge is 0.472 e. The van der Waals surface area contributed by atoms with Crippen molar-refractivity contribution in [2.45, 2.75) is 31.2 Å². The zero-order valence-corrected chi connectivity index (χ0v) is 12.8. The Morgan fingerprint density at radius 2 is 2.10 bits per heavy atom. The van der Waals surface area contributed by atoms with Crippen molar-refractivity contribution < 1.29 is 12.8 Å². The maximum Gasteiger partial charge on any atom is 0.241 e. The van der Waals surface area contributed by atoms with Crippen LogP contribution in [0.5, 0.6) is 0 Å². The summed E-state index contributed by atoms with van der Waals surface area (Å²) in [6, 6.07) is 6.43. The van der Waals surface area contributed by atoms with Gasteiger partial charge in [-0.1, -0.05) is 17.7 Å². The molecule has 1 unspecified atom stereocenters. The quantitative estimate of drug-likeness (QED) is 0.922. The monoisotopic (exact) mass is 313 g/mol. The molecule has 1 aromatic carbocycles. The van der Waals surface area contributed by atoms with Gasteiger partial charge in [-0.05, 0) is 49.6 Å². The Morgan fingerprint density at radius 3 is 2.75 bits per heavy atom. The molecule has 0 aliphatic rings. The highest BCUT2D eigenvalue weighted by Gasteiger charge is 2.20. The van der Waals surface area contributed by atoms with E-state index < -0.39 is 10.0 Å². The van der Waals surface area contributed by atoms with Crippen LogP contribution in [0.3, 0.4) is 0 Å². The van der Waals surface area contributed by atoms with E-state index in [0.717, 1.165) is 5.56 Å². The van der Waals surface area contributed by atoms with Crippen molar-refractivity contribution in [3.8, 4) is 0 Å². The lowest BCUT2D eigenvalue weighted by molar-refractivity contribution is 0.549. The Kier molecular flexibility index (Phi) is 4.52. The molecule has 0 fully saturated rings. The van der Waals surface area contributed by atoms with Gasteiger partial charge >= 0.3 is 0 Å². The smallest absolute Gasteiger partial charge is 0.241 e. The molecule has 2 aromatic rings. The first kappa shape index (κ1) is 15.1. The van der Waals surface area contributed by atoms with Gasteiger partial charge in [0.1, 0.15) is 0 Å². The minimum atomic E-state index is -3.58. The van der Waals surface area contributed by atoms with E-state index >= 15 is 0 Å². The summed E-state index contributed by atoms with van der Waals surface area (Å²) < 4.78 is 32.3. The standard InChI is InChI=1S/C14H16ClNO3S/c1-10(8-12-6-7-19-9-12)16-20(17,18)14-5-3-4-13(15)11(14)2/h3-7,9-10,16H,8H2,1-2H3. The third-order valence-corrected chi connectivity index (χ3v) is 5.13. The third-order valence-electron chi connectivity index (χ3n) is 2.99. The molecule has 6 heteroatoms. The summed E-state index contributed by atoms with van der Waals surface area (Å²) in [6.07, 6.45) is 3.74. The molecule has 0 spiro atoms. The van der Waals surface area contributed by atoms with Gasteiger partial charge in [0.15, 0.2) is 0 Å². The molecule has 1 N–H and O–H groups in total.